The van der Waals surface area contributed by atoms with Gasteiger partial charge in [-0.15, -0.1) is 12.4 Å². The summed E-state index contributed by atoms with van der Waals surface area (Å²) in [6.45, 7) is 3.85. The van der Waals surface area contributed by atoms with Crippen LogP contribution in [0, 0.1) is 19.8 Å². The van der Waals surface area contributed by atoms with E-state index in [0.29, 0.717) is 5.89 Å². The zero-order valence-electron chi connectivity index (χ0n) is 13.3. The van der Waals surface area contributed by atoms with Crippen LogP contribution in [-0.2, 0) is 4.79 Å². The number of carbonyl (C=O) groups is 1. The fourth-order valence-corrected chi connectivity index (χ4v) is 2.87. The second-order valence-electron chi connectivity index (χ2n) is 6.08. The minimum Gasteiger partial charge on any atom is -0.444 e. The number of hydrogen-bond acceptors (Lipinski definition) is 4. The number of nitrogens with two attached hydrogens (primary N) is 1. The van der Waals surface area contributed by atoms with Gasteiger partial charge < -0.3 is 15.5 Å². The molecule has 3 N–H and O–H groups in total. The summed E-state index contributed by atoms with van der Waals surface area (Å²) in [5.74, 6) is 0.634. The first-order valence-corrected chi connectivity index (χ1v) is 7.62. The molecule has 1 fully saturated rings. The molecule has 1 amide bonds. The fraction of sp³-hybridized carbons (Fsp3) is 0.412. The molecule has 5 nitrogen and oxygen atoms in total. The lowest BCUT2D eigenvalue weighted by Crippen LogP contribution is -2.23. The Labute approximate surface area is 142 Å². The maximum absolute atomic E-state index is 12.4. The van der Waals surface area contributed by atoms with Gasteiger partial charge in [-0.2, -0.15) is 0 Å². The third-order valence-electron chi connectivity index (χ3n) is 4.21. The topological polar surface area (TPSA) is 81.2 Å². The van der Waals surface area contributed by atoms with E-state index in [1.165, 1.54) is 0 Å². The molecule has 0 bridgehead atoms. The van der Waals surface area contributed by atoms with Gasteiger partial charge >= 0.3 is 0 Å². The first-order chi connectivity index (χ1) is 10.5. The van der Waals surface area contributed by atoms with Gasteiger partial charge in [-0.05, 0) is 50.8 Å². The average Bonchev–Trinajstić information content (AvgIpc) is 3.10. The van der Waals surface area contributed by atoms with Crippen LogP contribution >= 0.6 is 12.4 Å². The summed E-state index contributed by atoms with van der Waals surface area (Å²) >= 11 is 0. The lowest BCUT2D eigenvalue weighted by atomic mass is 10.1. The Hall–Kier alpha value is -1.85. The van der Waals surface area contributed by atoms with Crippen molar-refractivity contribution in [2.24, 2.45) is 11.7 Å². The number of rotatable bonds is 3. The third kappa shape index (κ3) is 3.92. The van der Waals surface area contributed by atoms with E-state index < -0.39 is 0 Å². The lowest BCUT2D eigenvalue weighted by molar-refractivity contribution is -0.119. The zero-order chi connectivity index (χ0) is 15.7. The Morgan fingerprint density at radius 2 is 2.13 bits per heavy atom. The normalized spacial score (nSPS) is 20.1. The van der Waals surface area contributed by atoms with Gasteiger partial charge in [0.2, 0.25) is 11.8 Å². The number of benzene rings is 1. The van der Waals surface area contributed by atoms with Crippen LogP contribution in [0.15, 0.2) is 28.9 Å². The van der Waals surface area contributed by atoms with Crippen molar-refractivity contribution >= 4 is 24.0 Å². The Balaban J connectivity index is 0.00000192. The molecule has 2 aromatic rings. The summed E-state index contributed by atoms with van der Waals surface area (Å²) in [6, 6.07) is 5.97. The molecule has 23 heavy (non-hydrogen) atoms. The quantitative estimate of drug-likeness (QED) is 0.900. The number of nitrogens with zero attached hydrogens (tertiary/aromatic N) is 1. The molecule has 1 heterocycles. The number of nitrogens with one attached hydrogen (secondary N) is 1. The standard InChI is InChI=1S/C17H21N3O2.ClH/c1-10-3-4-13(17-19-11(2)9-22-17)8-15(10)20-16(21)12-5-6-14(18)7-12;/h3-4,8-9,12,14H,5-7,18H2,1-2H3,(H,20,21);1H. The van der Waals surface area contributed by atoms with E-state index in [0.717, 1.165) is 41.8 Å². The van der Waals surface area contributed by atoms with E-state index in [-0.39, 0.29) is 30.3 Å². The molecule has 2 unspecified atom stereocenters. The third-order valence-corrected chi connectivity index (χ3v) is 4.21. The number of carbonyl (C=O) groups excluding carboxylic acids is 1. The second-order valence-corrected chi connectivity index (χ2v) is 6.08. The highest BCUT2D eigenvalue weighted by atomic mass is 35.5. The predicted octanol–water partition coefficient (Wildman–Crippen LogP) is 3.45. The van der Waals surface area contributed by atoms with Crippen LogP contribution in [0.4, 0.5) is 5.69 Å². The largest absolute Gasteiger partial charge is 0.444 e. The van der Waals surface area contributed by atoms with Crippen LogP contribution in [0.2, 0.25) is 0 Å². The van der Waals surface area contributed by atoms with Crippen molar-refractivity contribution in [1.29, 1.82) is 0 Å². The molecule has 0 saturated heterocycles. The maximum Gasteiger partial charge on any atom is 0.227 e. The number of oxazole rings is 1. The molecule has 1 saturated carbocycles. The Morgan fingerprint density at radius 3 is 2.74 bits per heavy atom. The fourth-order valence-electron chi connectivity index (χ4n) is 2.87. The summed E-state index contributed by atoms with van der Waals surface area (Å²) in [6.07, 6.45) is 4.17. The van der Waals surface area contributed by atoms with Crippen LogP contribution in [-0.4, -0.2) is 16.9 Å². The molecule has 0 radical (unpaired) electrons. The highest BCUT2D eigenvalue weighted by Crippen LogP contribution is 2.28. The van der Waals surface area contributed by atoms with Gasteiger partial charge in [0.25, 0.3) is 0 Å². The van der Waals surface area contributed by atoms with Crippen molar-refractivity contribution in [3.63, 3.8) is 0 Å². The number of hydrogen-bond donors (Lipinski definition) is 2. The summed E-state index contributed by atoms with van der Waals surface area (Å²) in [5.41, 5.74) is 9.40. The number of aryl methyl sites for hydroxylation is 2. The summed E-state index contributed by atoms with van der Waals surface area (Å²) in [4.78, 5) is 16.7. The molecule has 3 rings (SSSR count). The average molecular weight is 336 g/mol. The van der Waals surface area contributed by atoms with Crippen LogP contribution < -0.4 is 11.1 Å². The SMILES string of the molecule is Cc1coc(-c2ccc(C)c(NC(=O)C3CCC(N)C3)c2)n1.Cl. The van der Waals surface area contributed by atoms with Crippen molar-refractivity contribution in [3.05, 3.63) is 35.7 Å². The highest BCUT2D eigenvalue weighted by molar-refractivity contribution is 5.94. The Kier molecular flexibility index (Phi) is 5.44. The van der Waals surface area contributed by atoms with E-state index in [1.807, 2.05) is 32.0 Å². The van der Waals surface area contributed by atoms with Gasteiger partial charge in [-0.1, -0.05) is 6.07 Å². The summed E-state index contributed by atoms with van der Waals surface area (Å²) in [7, 11) is 0. The molecule has 0 spiro atoms. The number of aromatic nitrogens is 1. The Morgan fingerprint density at radius 1 is 1.35 bits per heavy atom. The lowest BCUT2D eigenvalue weighted by Gasteiger charge is -2.13. The monoisotopic (exact) mass is 335 g/mol. The van der Waals surface area contributed by atoms with Crippen LogP contribution in [0.25, 0.3) is 11.5 Å². The van der Waals surface area contributed by atoms with Gasteiger partial charge in [0, 0.05) is 23.2 Å². The molecule has 1 aliphatic rings. The number of halogens is 1. The van der Waals surface area contributed by atoms with Crippen LogP contribution in [0.3, 0.4) is 0 Å². The van der Waals surface area contributed by atoms with E-state index >= 15 is 0 Å². The highest BCUT2D eigenvalue weighted by Gasteiger charge is 2.28. The van der Waals surface area contributed by atoms with E-state index in [1.54, 1.807) is 6.26 Å². The minimum atomic E-state index is 0. The van der Waals surface area contributed by atoms with Gasteiger partial charge in [0.05, 0.1) is 5.69 Å². The molecule has 1 aromatic carbocycles. The van der Waals surface area contributed by atoms with Crippen molar-refractivity contribution in [2.75, 3.05) is 5.32 Å². The molecule has 2 atom stereocenters. The number of amides is 1. The van der Waals surface area contributed by atoms with Crippen molar-refractivity contribution in [3.8, 4) is 11.5 Å². The molecule has 124 valence electrons. The molecule has 1 aromatic heterocycles. The maximum atomic E-state index is 12.4. The van der Waals surface area contributed by atoms with Gasteiger partial charge in [-0.3, -0.25) is 4.79 Å². The molecular weight excluding hydrogens is 314 g/mol. The minimum absolute atomic E-state index is 0. The zero-order valence-corrected chi connectivity index (χ0v) is 14.2. The molecule has 0 aliphatic heterocycles. The van der Waals surface area contributed by atoms with Gasteiger partial charge in [-0.25, -0.2) is 4.98 Å². The van der Waals surface area contributed by atoms with E-state index in [4.69, 9.17) is 10.2 Å². The first kappa shape index (κ1) is 17.5. The molecule has 1 aliphatic carbocycles. The number of anilines is 1. The van der Waals surface area contributed by atoms with E-state index in [2.05, 4.69) is 10.3 Å². The smallest absolute Gasteiger partial charge is 0.227 e. The van der Waals surface area contributed by atoms with Gasteiger partial charge in [0.1, 0.15) is 6.26 Å². The van der Waals surface area contributed by atoms with Crippen LogP contribution in [0.5, 0.6) is 0 Å². The molecule has 6 heteroatoms. The summed E-state index contributed by atoms with van der Waals surface area (Å²) in [5, 5.41) is 3.03. The Bertz CT molecular complexity index is 699. The predicted molar refractivity (Wildman–Crippen MR) is 92.6 cm³/mol. The van der Waals surface area contributed by atoms with Crippen LogP contribution in [0.1, 0.15) is 30.5 Å². The van der Waals surface area contributed by atoms with Crippen molar-refractivity contribution in [1.82, 2.24) is 4.98 Å². The van der Waals surface area contributed by atoms with Crippen molar-refractivity contribution in [2.45, 2.75) is 39.2 Å². The van der Waals surface area contributed by atoms with E-state index in [9.17, 15) is 4.79 Å². The molecular formula is C17H22ClN3O2. The summed E-state index contributed by atoms with van der Waals surface area (Å²) < 4.78 is 5.42. The second kappa shape index (κ2) is 7.15. The van der Waals surface area contributed by atoms with Crippen molar-refractivity contribution < 1.29 is 9.21 Å². The first-order valence-electron chi connectivity index (χ1n) is 7.62. The van der Waals surface area contributed by atoms with Gasteiger partial charge in [0.15, 0.2) is 0 Å².